The molecular formula is C19H22N4O3S. The van der Waals surface area contributed by atoms with Crippen LogP contribution in [0.2, 0.25) is 0 Å². The second-order valence-corrected chi connectivity index (χ2v) is 8.63. The Bertz CT molecular complexity index is 1070. The van der Waals surface area contributed by atoms with Gasteiger partial charge in [0.2, 0.25) is 15.9 Å². The van der Waals surface area contributed by atoms with Crippen LogP contribution < -0.4 is 5.32 Å². The Balaban J connectivity index is 1.72. The van der Waals surface area contributed by atoms with Gasteiger partial charge < -0.3 is 5.32 Å². The van der Waals surface area contributed by atoms with E-state index in [-0.39, 0.29) is 17.3 Å². The molecule has 7 nitrogen and oxygen atoms in total. The van der Waals surface area contributed by atoms with Crippen LogP contribution in [0.15, 0.2) is 47.5 Å². The van der Waals surface area contributed by atoms with E-state index in [0.717, 1.165) is 21.0 Å². The van der Waals surface area contributed by atoms with Gasteiger partial charge in [-0.3, -0.25) is 9.89 Å². The van der Waals surface area contributed by atoms with E-state index in [0.29, 0.717) is 17.4 Å². The topological polar surface area (TPSA) is 95.2 Å². The number of rotatable bonds is 6. The largest absolute Gasteiger partial charge is 0.351 e. The van der Waals surface area contributed by atoms with E-state index >= 15 is 0 Å². The fraction of sp³-hybridized carbons (Fsp3) is 0.263. The smallest absolute Gasteiger partial charge is 0.245 e. The van der Waals surface area contributed by atoms with Crippen molar-refractivity contribution < 1.29 is 13.2 Å². The van der Waals surface area contributed by atoms with Crippen LogP contribution in [0.4, 0.5) is 0 Å². The molecule has 0 aliphatic rings. The van der Waals surface area contributed by atoms with Crippen molar-refractivity contribution in [1.82, 2.24) is 19.8 Å². The molecule has 142 valence electrons. The normalized spacial score (nSPS) is 11.9. The van der Waals surface area contributed by atoms with Crippen molar-refractivity contribution in [3.63, 3.8) is 0 Å². The van der Waals surface area contributed by atoms with Crippen LogP contribution >= 0.6 is 0 Å². The van der Waals surface area contributed by atoms with Crippen molar-refractivity contribution in [2.45, 2.75) is 25.3 Å². The van der Waals surface area contributed by atoms with Crippen molar-refractivity contribution in [1.29, 1.82) is 0 Å². The monoisotopic (exact) mass is 386 g/mol. The van der Waals surface area contributed by atoms with Gasteiger partial charge >= 0.3 is 0 Å². The first-order chi connectivity index (χ1) is 12.8. The fourth-order valence-electron chi connectivity index (χ4n) is 2.79. The van der Waals surface area contributed by atoms with Crippen LogP contribution in [0.1, 0.15) is 16.7 Å². The fourth-order valence-corrected chi connectivity index (χ4v) is 4.17. The maximum absolute atomic E-state index is 12.9. The second kappa shape index (κ2) is 7.50. The summed E-state index contributed by atoms with van der Waals surface area (Å²) in [5.74, 6) is -0.366. The summed E-state index contributed by atoms with van der Waals surface area (Å²) in [6.07, 6.45) is 1.58. The van der Waals surface area contributed by atoms with Crippen molar-refractivity contribution in [3.8, 4) is 0 Å². The molecule has 0 unspecified atom stereocenters. The molecule has 0 atom stereocenters. The van der Waals surface area contributed by atoms with E-state index in [9.17, 15) is 13.2 Å². The lowest BCUT2D eigenvalue weighted by molar-refractivity contribution is -0.121. The summed E-state index contributed by atoms with van der Waals surface area (Å²) in [4.78, 5) is 12.3. The molecule has 3 aromatic rings. The molecule has 27 heavy (non-hydrogen) atoms. The SMILES string of the molecule is Cc1ccc(CNC(=O)CN(C)S(=O)(=O)c2cc(C)cc3cn[nH]c23)cc1. The van der Waals surface area contributed by atoms with Gasteiger partial charge in [-0.05, 0) is 37.1 Å². The first kappa shape index (κ1) is 19.1. The van der Waals surface area contributed by atoms with E-state index in [4.69, 9.17) is 0 Å². The number of amides is 1. The number of sulfonamides is 1. The Hall–Kier alpha value is -2.71. The molecule has 8 heteroatoms. The summed E-state index contributed by atoms with van der Waals surface area (Å²) < 4.78 is 26.9. The third-order valence-electron chi connectivity index (χ3n) is 4.32. The lowest BCUT2D eigenvalue weighted by atomic mass is 10.1. The highest BCUT2D eigenvalue weighted by Gasteiger charge is 2.26. The number of carbonyl (C=O) groups is 1. The highest BCUT2D eigenvalue weighted by atomic mass is 32.2. The predicted molar refractivity (Wildman–Crippen MR) is 104 cm³/mol. The zero-order valence-corrected chi connectivity index (χ0v) is 16.3. The number of nitrogens with zero attached hydrogens (tertiary/aromatic N) is 2. The summed E-state index contributed by atoms with van der Waals surface area (Å²) in [5, 5.41) is 10.1. The summed E-state index contributed by atoms with van der Waals surface area (Å²) in [6.45, 7) is 3.89. The van der Waals surface area contributed by atoms with E-state index in [1.807, 2.05) is 44.2 Å². The first-order valence-electron chi connectivity index (χ1n) is 8.49. The third-order valence-corrected chi connectivity index (χ3v) is 6.15. The highest BCUT2D eigenvalue weighted by Crippen LogP contribution is 2.25. The number of carbonyl (C=O) groups excluding carboxylic acids is 1. The van der Waals surface area contributed by atoms with Gasteiger partial charge in [0.25, 0.3) is 0 Å². The van der Waals surface area contributed by atoms with Gasteiger partial charge in [0.15, 0.2) is 0 Å². The zero-order chi connectivity index (χ0) is 19.6. The molecule has 0 fully saturated rings. The number of benzene rings is 2. The van der Waals surface area contributed by atoms with Crippen molar-refractivity contribution in [2.24, 2.45) is 0 Å². The molecule has 1 heterocycles. The van der Waals surface area contributed by atoms with Crippen molar-refractivity contribution >= 4 is 26.8 Å². The molecule has 0 aliphatic carbocycles. The average molecular weight is 386 g/mol. The number of aryl methyl sites for hydroxylation is 2. The van der Waals surface area contributed by atoms with E-state index < -0.39 is 10.0 Å². The van der Waals surface area contributed by atoms with Gasteiger partial charge in [0, 0.05) is 19.0 Å². The summed E-state index contributed by atoms with van der Waals surface area (Å²) >= 11 is 0. The molecule has 0 saturated carbocycles. The number of aromatic nitrogens is 2. The number of hydrogen-bond acceptors (Lipinski definition) is 4. The number of hydrogen-bond donors (Lipinski definition) is 2. The minimum atomic E-state index is -3.84. The van der Waals surface area contributed by atoms with Crippen LogP contribution in [0, 0.1) is 13.8 Å². The predicted octanol–water partition coefficient (Wildman–Crippen LogP) is 2.12. The van der Waals surface area contributed by atoms with Crippen LogP contribution in [-0.2, 0) is 21.4 Å². The third kappa shape index (κ3) is 4.17. The maximum Gasteiger partial charge on any atom is 0.245 e. The molecule has 2 aromatic carbocycles. The Kier molecular flexibility index (Phi) is 5.29. The Morgan fingerprint density at radius 1 is 1.15 bits per heavy atom. The molecule has 1 aromatic heterocycles. The van der Waals surface area contributed by atoms with Crippen molar-refractivity contribution in [3.05, 3.63) is 59.3 Å². The number of likely N-dealkylation sites (N-methyl/N-ethyl adjacent to an activating group) is 1. The van der Waals surface area contributed by atoms with Crippen LogP contribution in [0.5, 0.6) is 0 Å². The average Bonchev–Trinajstić information content (AvgIpc) is 3.08. The molecule has 0 radical (unpaired) electrons. The minimum absolute atomic E-state index is 0.115. The van der Waals surface area contributed by atoms with E-state index in [2.05, 4.69) is 15.5 Å². The molecular weight excluding hydrogens is 364 g/mol. The lowest BCUT2D eigenvalue weighted by Crippen LogP contribution is -2.38. The minimum Gasteiger partial charge on any atom is -0.351 e. The quantitative estimate of drug-likeness (QED) is 0.678. The molecule has 0 saturated heterocycles. The van der Waals surface area contributed by atoms with E-state index in [1.165, 1.54) is 7.05 Å². The van der Waals surface area contributed by atoms with Gasteiger partial charge in [-0.2, -0.15) is 9.40 Å². The molecule has 3 rings (SSSR count). The highest BCUT2D eigenvalue weighted by molar-refractivity contribution is 7.89. The second-order valence-electron chi connectivity index (χ2n) is 6.62. The summed E-state index contributed by atoms with van der Waals surface area (Å²) in [7, 11) is -2.45. The van der Waals surface area contributed by atoms with Crippen LogP contribution in [0.25, 0.3) is 10.9 Å². The Morgan fingerprint density at radius 3 is 2.56 bits per heavy atom. The van der Waals surface area contributed by atoms with Crippen LogP contribution in [-0.4, -0.2) is 42.4 Å². The van der Waals surface area contributed by atoms with Gasteiger partial charge in [-0.25, -0.2) is 8.42 Å². The molecule has 0 aliphatic heterocycles. The summed E-state index contributed by atoms with van der Waals surface area (Å²) in [6, 6.07) is 11.2. The van der Waals surface area contributed by atoms with Crippen LogP contribution in [0.3, 0.4) is 0 Å². The molecule has 1 amide bonds. The van der Waals surface area contributed by atoms with Gasteiger partial charge in [-0.1, -0.05) is 29.8 Å². The number of H-pyrrole nitrogens is 1. The number of aromatic amines is 1. The zero-order valence-electron chi connectivity index (χ0n) is 15.5. The first-order valence-corrected chi connectivity index (χ1v) is 9.93. The van der Waals surface area contributed by atoms with E-state index in [1.54, 1.807) is 12.3 Å². The standard InChI is InChI=1S/C19H22N4O3S/c1-13-4-6-15(7-5-13)10-20-18(24)12-23(3)27(25,26)17-9-14(2)8-16-11-21-22-19(16)17/h4-9,11H,10,12H2,1-3H3,(H,20,24)(H,21,22). The Labute approximate surface area is 158 Å². The van der Waals surface area contributed by atoms with Gasteiger partial charge in [0.05, 0.1) is 18.3 Å². The van der Waals surface area contributed by atoms with Gasteiger partial charge in [-0.15, -0.1) is 0 Å². The number of fused-ring (bicyclic) bond motifs is 1. The summed E-state index contributed by atoms with van der Waals surface area (Å²) in [5.41, 5.74) is 3.34. The molecule has 0 spiro atoms. The Morgan fingerprint density at radius 2 is 1.85 bits per heavy atom. The van der Waals surface area contributed by atoms with Crippen molar-refractivity contribution in [2.75, 3.05) is 13.6 Å². The van der Waals surface area contributed by atoms with Gasteiger partial charge in [0.1, 0.15) is 4.90 Å². The number of nitrogens with one attached hydrogen (secondary N) is 2. The maximum atomic E-state index is 12.9. The lowest BCUT2D eigenvalue weighted by Gasteiger charge is -2.18. The molecule has 0 bridgehead atoms. The molecule has 2 N–H and O–H groups in total.